The average Bonchev–Trinajstić information content (AvgIpc) is 3.27. The SMILES string of the molecule is CC1C(CSc2cccc[n+]2[O-])OC(c2cccc(N3C(=O)c4ccccc4C3=O)c2)OC1c1ccc(CO)cc1. The Balaban J connectivity index is 1.30. The van der Waals surface area contributed by atoms with E-state index < -0.39 is 6.29 Å². The van der Waals surface area contributed by atoms with Gasteiger partial charge in [0, 0.05) is 29.4 Å². The van der Waals surface area contributed by atoms with E-state index in [-0.39, 0.29) is 36.5 Å². The molecule has 0 aliphatic carbocycles. The van der Waals surface area contributed by atoms with Crippen LogP contribution in [0, 0.1) is 11.1 Å². The molecule has 0 bridgehead atoms. The number of thioether (sulfide) groups is 1. The molecular weight excluding hydrogens is 540 g/mol. The lowest BCUT2D eigenvalue weighted by Gasteiger charge is -2.41. The molecule has 9 heteroatoms. The Kier molecular flexibility index (Phi) is 7.59. The van der Waals surface area contributed by atoms with Crippen LogP contribution in [0.4, 0.5) is 5.69 Å². The summed E-state index contributed by atoms with van der Waals surface area (Å²) in [5, 5.41) is 22.3. The van der Waals surface area contributed by atoms with Crippen LogP contribution in [0.25, 0.3) is 0 Å². The highest BCUT2D eigenvalue weighted by Gasteiger charge is 2.40. The highest BCUT2D eigenvalue weighted by atomic mass is 32.2. The maximum absolute atomic E-state index is 13.1. The highest BCUT2D eigenvalue weighted by Crippen LogP contribution is 2.43. The largest absolute Gasteiger partial charge is 0.618 e. The van der Waals surface area contributed by atoms with Crippen LogP contribution in [0.5, 0.6) is 0 Å². The van der Waals surface area contributed by atoms with Crippen LogP contribution in [0.15, 0.2) is 102 Å². The second-order valence-electron chi connectivity index (χ2n) is 10.1. The van der Waals surface area contributed by atoms with Gasteiger partial charge in [-0.1, -0.05) is 67.2 Å². The van der Waals surface area contributed by atoms with Crippen molar-refractivity contribution in [3.8, 4) is 0 Å². The molecule has 2 aliphatic rings. The molecule has 1 saturated heterocycles. The van der Waals surface area contributed by atoms with Gasteiger partial charge in [0.15, 0.2) is 12.5 Å². The lowest BCUT2D eigenvalue weighted by Crippen LogP contribution is -2.39. The Morgan fingerprint density at radius 1 is 0.878 bits per heavy atom. The zero-order valence-electron chi connectivity index (χ0n) is 22.3. The Bertz CT molecular complexity index is 1560. The second kappa shape index (κ2) is 11.5. The molecule has 4 aromatic rings. The molecular formula is C32H28N2O6S. The van der Waals surface area contributed by atoms with Crippen LogP contribution in [-0.2, 0) is 16.1 Å². The summed E-state index contributed by atoms with van der Waals surface area (Å²) in [7, 11) is 0. The zero-order chi connectivity index (χ0) is 28.5. The molecule has 1 aromatic heterocycles. The van der Waals surface area contributed by atoms with Gasteiger partial charge in [-0.3, -0.25) is 9.59 Å². The van der Waals surface area contributed by atoms with E-state index in [1.165, 1.54) is 22.9 Å². The van der Waals surface area contributed by atoms with Crippen molar-refractivity contribution in [1.82, 2.24) is 0 Å². The summed E-state index contributed by atoms with van der Waals surface area (Å²) < 4.78 is 13.9. The van der Waals surface area contributed by atoms with Gasteiger partial charge < -0.3 is 19.8 Å². The third-order valence-corrected chi connectivity index (χ3v) is 8.61. The lowest BCUT2D eigenvalue weighted by atomic mass is 9.91. The van der Waals surface area contributed by atoms with E-state index in [2.05, 4.69) is 6.92 Å². The van der Waals surface area contributed by atoms with Crippen molar-refractivity contribution < 1.29 is 28.9 Å². The van der Waals surface area contributed by atoms with Gasteiger partial charge in [-0.25, -0.2) is 4.90 Å². The first kappa shape index (κ1) is 27.2. The molecule has 3 aromatic carbocycles. The number of amides is 2. The van der Waals surface area contributed by atoms with Gasteiger partial charge >= 0.3 is 0 Å². The van der Waals surface area contributed by atoms with Crippen LogP contribution in [0.1, 0.15) is 56.7 Å². The van der Waals surface area contributed by atoms with Crippen LogP contribution >= 0.6 is 11.8 Å². The molecule has 8 nitrogen and oxygen atoms in total. The highest BCUT2D eigenvalue weighted by molar-refractivity contribution is 7.99. The Hall–Kier alpha value is -4.02. The van der Waals surface area contributed by atoms with Gasteiger partial charge in [-0.05, 0) is 41.5 Å². The van der Waals surface area contributed by atoms with Gasteiger partial charge in [-0.15, -0.1) is 0 Å². The molecule has 208 valence electrons. The van der Waals surface area contributed by atoms with Crippen molar-refractivity contribution in [2.24, 2.45) is 5.92 Å². The summed E-state index contributed by atoms with van der Waals surface area (Å²) in [4.78, 5) is 27.4. The Morgan fingerprint density at radius 3 is 2.27 bits per heavy atom. The lowest BCUT2D eigenvalue weighted by molar-refractivity contribution is -0.645. The molecule has 41 heavy (non-hydrogen) atoms. The molecule has 1 fully saturated rings. The number of aromatic nitrogens is 1. The minimum atomic E-state index is -0.787. The molecule has 6 rings (SSSR count). The number of benzene rings is 3. The zero-order valence-corrected chi connectivity index (χ0v) is 23.1. The maximum Gasteiger partial charge on any atom is 0.266 e. The van der Waals surface area contributed by atoms with Crippen LogP contribution in [-0.4, -0.2) is 28.8 Å². The van der Waals surface area contributed by atoms with Gasteiger partial charge in [0.2, 0.25) is 0 Å². The topological polar surface area (TPSA) is 103 Å². The number of imide groups is 1. The molecule has 2 aliphatic heterocycles. The van der Waals surface area contributed by atoms with Crippen LogP contribution in [0.2, 0.25) is 0 Å². The number of rotatable bonds is 7. The Labute approximate surface area is 241 Å². The molecule has 0 spiro atoms. The first-order valence-electron chi connectivity index (χ1n) is 13.3. The number of hydrogen-bond acceptors (Lipinski definition) is 7. The first-order chi connectivity index (χ1) is 19.9. The number of nitrogens with zero attached hydrogens (tertiary/aromatic N) is 2. The van der Waals surface area contributed by atoms with Crippen molar-refractivity contribution in [1.29, 1.82) is 0 Å². The Morgan fingerprint density at radius 2 is 1.59 bits per heavy atom. The normalized spacial score (nSPS) is 22.1. The molecule has 3 heterocycles. The molecule has 2 amide bonds. The monoisotopic (exact) mass is 568 g/mol. The molecule has 0 saturated carbocycles. The molecule has 1 N–H and O–H groups in total. The second-order valence-corrected chi connectivity index (χ2v) is 11.1. The summed E-state index contributed by atoms with van der Waals surface area (Å²) in [6, 6.07) is 26.8. The standard InChI is InChI=1S/C32H28N2O6S/c1-20-27(19-41-28-11-4-5-16-33(28)38)39-32(40-29(20)22-14-12-21(18-35)13-15-22)23-7-6-8-24(17-23)34-30(36)25-9-2-3-10-26(25)31(34)37/h2-17,20,27,29,32,35H,18-19H2,1H3. The smallest absolute Gasteiger partial charge is 0.266 e. The summed E-state index contributed by atoms with van der Waals surface area (Å²) in [6.45, 7) is 2.00. The minimum absolute atomic E-state index is 0.0524. The van der Waals surface area contributed by atoms with E-state index >= 15 is 0 Å². The first-order valence-corrected chi connectivity index (χ1v) is 14.3. The third-order valence-electron chi connectivity index (χ3n) is 7.50. The van der Waals surface area contributed by atoms with E-state index in [4.69, 9.17) is 9.47 Å². The quantitative estimate of drug-likeness (QED) is 0.142. The fraction of sp³-hybridized carbons (Fsp3) is 0.219. The number of anilines is 1. The summed E-state index contributed by atoms with van der Waals surface area (Å²) >= 11 is 1.41. The predicted molar refractivity (Wildman–Crippen MR) is 153 cm³/mol. The summed E-state index contributed by atoms with van der Waals surface area (Å²) in [6.07, 6.45) is 0.0505. The van der Waals surface area contributed by atoms with E-state index in [9.17, 15) is 19.9 Å². The number of aliphatic hydroxyl groups is 1. The van der Waals surface area contributed by atoms with Crippen molar-refractivity contribution in [2.45, 2.75) is 37.1 Å². The minimum Gasteiger partial charge on any atom is -0.618 e. The summed E-state index contributed by atoms with van der Waals surface area (Å²) in [5.41, 5.74) is 3.59. The van der Waals surface area contributed by atoms with Crippen LogP contribution < -0.4 is 9.63 Å². The number of ether oxygens (including phenoxy) is 2. The number of carbonyl (C=O) groups excluding carboxylic acids is 2. The van der Waals surface area contributed by atoms with Gasteiger partial charge in [-0.2, -0.15) is 4.73 Å². The fourth-order valence-electron chi connectivity index (χ4n) is 5.24. The molecule has 4 unspecified atom stereocenters. The van der Waals surface area contributed by atoms with E-state index in [1.54, 1.807) is 54.6 Å². The molecule has 0 radical (unpaired) electrons. The van der Waals surface area contributed by atoms with Crippen molar-refractivity contribution in [3.63, 3.8) is 0 Å². The van der Waals surface area contributed by atoms with Crippen molar-refractivity contribution >= 4 is 29.3 Å². The number of carbonyl (C=O) groups is 2. The maximum atomic E-state index is 13.1. The third kappa shape index (κ3) is 5.25. The van der Waals surface area contributed by atoms with Crippen LogP contribution in [0.3, 0.4) is 0 Å². The number of fused-ring (bicyclic) bond motifs is 1. The fourth-order valence-corrected chi connectivity index (χ4v) is 6.32. The number of aliphatic hydroxyl groups excluding tert-OH is 1. The van der Waals surface area contributed by atoms with E-state index in [0.29, 0.717) is 33.2 Å². The summed E-state index contributed by atoms with van der Waals surface area (Å²) in [5.74, 6) is -0.295. The van der Waals surface area contributed by atoms with Gasteiger partial charge in [0.05, 0.1) is 35.6 Å². The van der Waals surface area contributed by atoms with Crippen molar-refractivity contribution in [2.75, 3.05) is 10.7 Å². The average molecular weight is 569 g/mol. The molecule has 4 atom stereocenters. The van der Waals surface area contributed by atoms with Gasteiger partial charge in [0.1, 0.15) is 0 Å². The van der Waals surface area contributed by atoms with Gasteiger partial charge in [0.25, 0.3) is 16.8 Å². The van der Waals surface area contributed by atoms with E-state index in [0.717, 1.165) is 15.9 Å². The predicted octanol–water partition coefficient (Wildman–Crippen LogP) is 5.20. The van der Waals surface area contributed by atoms with E-state index in [1.807, 2.05) is 36.4 Å². The number of hydrogen-bond donors (Lipinski definition) is 1. The number of pyridine rings is 1. The van der Waals surface area contributed by atoms with Crippen molar-refractivity contribution in [3.05, 3.63) is 130 Å².